The maximum absolute atomic E-state index is 12.9. The second-order valence-electron chi connectivity index (χ2n) is 3.30. The molecule has 0 radical (unpaired) electrons. The summed E-state index contributed by atoms with van der Waals surface area (Å²) in [4.78, 5) is 22.9. The lowest BCUT2D eigenvalue weighted by Gasteiger charge is -2.15. The van der Waals surface area contributed by atoms with E-state index in [0.29, 0.717) is 12.1 Å². The van der Waals surface area contributed by atoms with Crippen molar-refractivity contribution in [1.29, 1.82) is 0 Å². The molecule has 0 saturated heterocycles. The number of carboxylic acid groups (broad SMARTS) is 1. The largest absolute Gasteiger partial charge is 0.480 e. The quantitative estimate of drug-likeness (QED) is 0.846. The number of carboxylic acids is 1. The molecule has 0 unspecified atom stereocenters. The third kappa shape index (κ3) is 3.13. The third-order valence-corrected chi connectivity index (χ3v) is 2.27. The van der Waals surface area contributed by atoms with Crippen LogP contribution in [0, 0.1) is 11.6 Å². The van der Waals surface area contributed by atoms with Crippen molar-refractivity contribution in [2.75, 3.05) is 13.6 Å². The van der Waals surface area contributed by atoms with Gasteiger partial charge in [0.1, 0.15) is 6.54 Å². The summed E-state index contributed by atoms with van der Waals surface area (Å²) < 4.78 is 25.7. The van der Waals surface area contributed by atoms with Crippen LogP contribution in [0.4, 0.5) is 8.78 Å². The van der Waals surface area contributed by atoms with Crippen molar-refractivity contribution in [3.63, 3.8) is 0 Å². The monoisotopic (exact) mass is 263 g/mol. The van der Waals surface area contributed by atoms with Crippen molar-refractivity contribution >= 4 is 23.5 Å². The van der Waals surface area contributed by atoms with Crippen LogP contribution in [-0.2, 0) is 4.79 Å². The highest BCUT2D eigenvalue weighted by molar-refractivity contribution is 6.33. The van der Waals surface area contributed by atoms with Gasteiger partial charge < -0.3 is 10.0 Å². The van der Waals surface area contributed by atoms with Crippen molar-refractivity contribution in [1.82, 2.24) is 4.90 Å². The molecular formula is C10H8ClF2NO3. The molecule has 0 aliphatic carbocycles. The molecule has 1 aromatic carbocycles. The van der Waals surface area contributed by atoms with Crippen LogP contribution in [0.5, 0.6) is 0 Å². The van der Waals surface area contributed by atoms with E-state index in [9.17, 15) is 18.4 Å². The van der Waals surface area contributed by atoms with E-state index >= 15 is 0 Å². The number of nitrogens with zero attached hydrogens (tertiary/aromatic N) is 1. The first kappa shape index (κ1) is 13.4. The standard InChI is InChI=1S/C10H8ClF2NO3/c1-14(4-9(15)16)10(17)5-2-7(12)8(13)3-6(5)11/h2-3H,4H2,1H3,(H,15,16). The smallest absolute Gasteiger partial charge is 0.323 e. The molecule has 1 aromatic rings. The fraction of sp³-hybridized carbons (Fsp3) is 0.200. The molecule has 0 aliphatic heterocycles. The Bertz CT molecular complexity index is 479. The zero-order valence-corrected chi connectivity index (χ0v) is 9.46. The summed E-state index contributed by atoms with van der Waals surface area (Å²) in [5.41, 5.74) is -0.283. The molecule has 4 nitrogen and oxygen atoms in total. The average molecular weight is 264 g/mol. The SMILES string of the molecule is CN(CC(=O)O)C(=O)c1cc(F)c(F)cc1Cl. The number of halogens is 3. The lowest BCUT2D eigenvalue weighted by molar-refractivity contribution is -0.137. The van der Waals surface area contributed by atoms with Gasteiger partial charge in [-0.3, -0.25) is 9.59 Å². The Kier molecular flexibility index (Phi) is 4.01. The first-order valence-electron chi connectivity index (χ1n) is 4.44. The predicted molar refractivity (Wildman–Crippen MR) is 56.0 cm³/mol. The number of benzene rings is 1. The highest BCUT2D eigenvalue weighted by atomic mass is 35.5. The normalized spacial score (nSPS) is 10.1. The molecular weight excluding hydrogens is 256 g/mol. The van der Waals surface area contributed by atoms with E-state index in [1.807, 2.05) is 0 Å². The average Bonchev–Trinajstić information content (AvgIpc) is 2.21. The van der Waals surface area contributed by atoms with Crippen LogP contribution >= 0.6 is 11.6 Å². The van der Waals surface area contributed by atoms with Gasteiger partial charge in [-0.15, -0.1) is 0 Å². The van der Waals surface area contributed by atoms with Gasteiger partial charge in [-0.05, 0) is 12.1 Å². The summed E-state index contributed by atoms with van der Waals surface area (Å²) in [6, 6.07) is 1.30. The molecule has 0 saturated carbocycles. The molecule has 0 fully saturated rings. The zero-order chi connectivity index (χ0) is 13.2. The fourth-order valence-electron chi connectivity index (χ4n) is 1.17. The van der Waals surface area contributed by atoms with E-state index < -0.39 is 30.1 Å². The van der Waals surface area contributed by atoms with Gasteiger partial charge in [0.05, 0.1) is 10.6 Å². The fourth-order valence-corrected chi connectivity index (χ4v) is 1.40. The number of rotatable bonds is 3. The highest BCUT2D eigenvalue weighted by Crippen LogP contribution is 2.21. The van der Waals surface area contributed by atoms with Gasteiger partial charge in [-0.25, -0.2) is 8.78 Å². The van der Waals surface area contributed by atoms with E-state index in [0.717, 1.165) is 4.90 Å². The van der Waals surface area contributed by atoms with Crippen LogP contribution in [0.2, 0.25) is 5.02 Å². The van der Waals surface area contributed by atoms with Gasteiger partial charge in [-0.2, -0.15) is 0 Å². The van der Waals surface area contributed by atoms with Crippen molar-refractivity contribution in [2.24, 2.45) is 0 Å². The molecule has 7 heteroatoms. The zero-order valence-electron chi connectivity index (χ0n) is 8.71. The Morgan fingerprint density at radius 2 is 1.88 bits per heavy atom. The van der Waals surface area contributed by atoms with Crippen LogP contribution in [0.25, 0.3) is 0 Å². The molecule has 1 rings (SSSR count). The van der Waals surface area contributed by atoms with E-state index in [1.54, 1.807) is 0 Å². The second-order valence-corrected chi connectivity index (χ2v) is 3.71. The minimum atomic E-state index is -1.22. The summed E-state index contributed by atoms with van der Waals surface area (Å²) in [7, 11) is 1.22. The van der Waals surface area contributed by atoms with E-state index in [4.69, 9.17) is 16.7 Å². The molecule has 0 spiro atoms. The van der Waals surface area contributed by atoms with Crippen LogP contribution in [0.15, 0.2) is 12.1 Å². The number of amides is 1. The maximum Gasteiger partial charge on any atom is 0.323 e. The Morgan fingerprint density at radius 3 is 2.41 bits per heavy atom. The number of aliphatic carboxylic acids is 1. The molecule has 0 aromatic heterocycles. The van der Waals surface area contributed by atoms with E-state index in [2.05, 4.69) is 0 Å². The van der Waals surface area contributed by atoms with Gasteiger partial charge in [0.2, 0.25) is 0 Å². The highest BCUT2D eigenvalue weighted by Gasteiger charge is 2.19. The summed E-state index contributed by atoms with van der Waals surface area (Å²) in [5.74, 6) is -4.41. The van der Waals surface area contributed by atoms with E-state index in [-0.39, 0.29) is 10.6 Å². The van der Waals surface area contributed by atoms with Crippen LogP contribution in [0.1, 0.15) is 10.4 Å². The summed E-state index contributed by atoms with van der Waals surface area (Å²) in [6.45, 7) is -0.561. The first-order valence-corrected chi connectivity index (χ1v) is 4.82. The molecule has 17 heavy (non-hydrogen) atoms. The Morgan fingerprint density at radius 1 is 1.35 bits per heavy atom. The Hall–Kier alpha value is -1.69. The van der Waals surface area contributed by atoms with Crippen LogP contribution < -0.4 is 0 Å². The van der Waals surface area contributed by atoms with E-state index in [1.165, 1.54) is 7.05 Å². The lowest BCUT2D eigenvalue weighted by atomic mass is 10.2. The maximum atomic E-state index is 12.9. The van der Waals surface area contributed by atoms with Gasteiger partial charge in [0, 0.05) is 7.05 Å². The molecule has 0 bridgehead atoms. The number of carbonyl (C=O) groups is 2. The second kappa shape index (κ2) is 5.09. The van der Waals surface area contributed by atoms with Crippen molar-refractivity contribution < 1.29 is 23.5 Å². The number of hydrogen-bond donors (Lipinski definition) is 1. The number of likely N-dealkylation sites (N-methyl/N-ethyl adjacent to an activating group) is 1. The molecule has 0 atom stereocenters. The molecule has 0 heterocycles. The first-order chi connectivity index (χ1) is 7.82. The summed E-state index contributed by atoms with van der Waals surface area (Å²) in [5, 5.41) is 8.21. The topological polar surface area (TPSA) is 57.6 Å². The predicted octanol–water partition coefficient (Wildman–Crippen LogP) is 1.77. The van der Waals surface area contributed by atoms with Crippen molar-refractivity contribution in [3.8, 4) is 0 Å². The van der Waals surface area contributed by atoms with Gasteiger partial charge in [0.25, 0.3) is 5.91 Å². The third-order valence-electron chi connectivity index (χ3n) is 1.96. The van der Waals surface area contributed by atoms with Crippen molar-refractivity contribution in [2.45, 2.75) is 0 Å². The number of hydrogen-bond acceptors (Lipinski definition) is 2. The van der Waals surface area contributed by atoms with Crippen molar-refractivity contribution in [3.05, 3.63) is 34.4 Å². The molecule has 1 N–H and O–H groups in total. The molecule has 1 amide bonds. The van der Waals surface area contributed by atoms with Gasteiger partial charge in [0.15, 0.2) is 11.6 Å². The number of carbonyl (C=O) groups excluding carboxylic acids is 1. The summed E-state index contributed by atoms with van der Waals surface area (Å²) >= 11 is 5.58. The lowest BCUT2D eigenvalue weighted by Crippen LogP contribution is -2.32. The van der Waals surface area contributed by atoms with Crippen LogP contribution in [0.3, 0.4) is 0 Å². The Labute approximate surface area is 100 Å². The minimum Gasteiger partial charge on any atom is -0.480 e. The molecule has 92 valence electrons. The van der Waals surface area contributed by atoms with Gasteiger partial charge in [-0.1, -0.05) is 11.6 Å². The van der Waals surface area contributed by atoms with Crippen LogP contribution in [-0.4, -0.2) is 35.5 Å². The summed E-state index contributed by atoms with van der Waals surface area (Å²) in [6.07, 6.45) is 0. The van der Waals surface area contributed by atoms with Gasteiger partial charge >= 0.3 is 5.97 Å². The Balaban J connectivity index is 3.04. The minimum absolute atomic E-state index is 0.272. The molecule has 0 aliphatic rings.